The maximum Gasteiger partial charge on any atom is 0.223 e. The topological polar surface area (TPSA) is 55.8 Å². The average molecular weight is 250 g/mol. The van der Waals surface area contributed by atoms with Crippen LogP contribution in [0.4, 0.5) is 0 Å². The minimum Gasteiger partial charge on any atom is -0.374 e. The summed E-state index contributed by atoms with van der Waals surface area (Å²) in [6.45, 7) is 0.908. The number of hydrogen-bond acceptors (Lipinski definition) is 4. The fraction of sp³-hybridized carbons (Fsp3) is 0.500. The number of aldehydes is 1. The Hall–Kier alpha value is -1.23. The lowest BCUT2D eigenvalue weighted by atomic mass is 10.0. The van der Waals surface area contributed by atoms with Gasteiger partial charge < -0.3 is 14.6 Å². The number of hydrogen-bond donors (Lipinski definition) is 1. The van der Waals surface area contributed by atoms with Crippen molar-refractivity contribution in [3.05, 3.63) is 35.9 Å². The molecular weight excluding hydrogens is 232 g/mol. The highest BCUT2D eigenvalue weighted by molar-refractivity contribution is 5.59. The van der Waals surface area contributed by atoms with E-state index in [4.69, 9.17) is 9.47 Å². The molecule has 4 nitrogen and oxygen atoms in total. The lowest BCUT2D eigenvalue weighted by molar-refractivity contribution is -0.240. The normalized spacial score (nSPS) is 27.9. The molecule has 1 aliphatic heterocycles. The molecule has 1 aliphatic rings. The van der Waals surface area contributed by atoms with Crippen LogP contribution in [0.5, 0.6) is 0 Å². The average Bonchev–Trinajstić information content (AvgIpc) is 2.40. The van der Waals surface area contributed by atoms with Gasteiger partial charge in [-0.2, -0.15) is 0 Å². The molecule has 2 atom stereocenters. The van der Waals surface area contributed by atoms with Gasteiger partial charge in [0.25, 0.3) is 0 Å². The third-order valence-electron chi connectivity index (χ3n) is 3.03. The van der Waals surface area contributed by atoms with Gasteiger partial charge in [-0.25, -0.2) is 0 Å². The zero-order chi connectivity index (χ0) is 12.8. The van der Waals surface area contributed by atoms with Crippen molar-refractivity contribution in [3.63, 3.8) is 0 Å². The van der Waals surface area contributed by atoms with Gasteiger partial charge in [-0.15, -0.1) is 0 Å². The van der Waals surface area contributed by atoms with Crippen LogP contribution in [0.3, 0.4) is 0 Å². The van der Waals surface area contributed by atoms with E-state index >= 15 is 0 Å². The standard InChI is InChI=1S/C14H18O4/c15-11-14(16)8-4-7-13(18-14)10-17-9-12-5-2-1-3-6-12/h1-3,5-6,11,13,16H,4,7-10H2. The van der Waals surface area contributed by atoms with E-state index in [1.165, 1.54) is 0 Å². The number of benzene rings is 1. The fourth-order valence-corrected chi connectivity index (χ4v) is 2.08. The Labute approximate surface area is 107 Å². The van der Waals surface area contributed by atoms with Gasteiger partial charge in [0.15, 0.2) is 6.29 Å². The van der Waals surface area contributed by atoms with Crippen molar-refractivity contribution in [3.8, 4) is 0 Å². The fourth-order valence-electron chi connectivity index (χ4n) is 2.08. The molecule has 0 aliphatic carbocycles. The molecule has 1 aromatic carbocycles. The van der Waals surface area contributed by atoms with E-state index < -0.39 is 5.79 Å². The highest BCUT2D eigenvalue weighted by atomic mass is 16.6. The molecule has 2 unspecified atom stereocenters. The lowest BCUT2D eigenvalue weighted by Crippen LogP contribution is -2.43. The second kappa shape index (κ2) is 6.09. The highest BCUT2D eigenvalue weighted by Gasteiger charge is 2.34. The van der Waals surface area contributed by atoms with E-state index in [0.717, 1.165) is 18.4 Å². The van der Waals surface area contributed by atoms with Crippen molar-refractivity contribution >= 4 is 6.29 Å². The van der Waals surface area contributed by atoms with E-state index in [2.05, 4.69) is 0 Å². The highest BCUT2D eigenvalue weighted by Crippen LogP contribution is 2.25. The molecule has 1 aromatic rings. The molecule has 1 N–H and O–H groups in total. The smallest absolute Gasteiger partial charge is 0.223 e. The Morgan fingerprint density at radius 3 is 2.94 bits per heavy atom. The van der Waals surface area contributed by atoms with Crippen molar-refractivity contribution < 1.29 is 19.4 Å². The van der Waals surface area contributed by atoms with Crippen LogP contribution in [0.25, 0.3) is 0 Å². The minimum atomic E-state index is -1.61. The molecule has 1 saturated heterocycles. The van der Waals surface area contributed by atoms with Crippen molar-refractivity contribution in [2.45, 2.75) is 37.8 Å². The summed E-state index contributed by atoms with van der Waals surface area (Å²) in [5, 5.41) is 9.72. The van der Waals surface area contributed by atoms with E-state index in [9.17, 15) is 9.90 Å². The molecule has 0 radical (unpaired) electrons. The third-order valence-corrected chi connectivity index (χ3v) is 3.03. The van der Waals surface area contributed by atoms with Crippen LogP contribution >= 0.6 is 0 Å². The van der Waals surface area contributed by atoms with Crippen molar-refractivity contribution in [2.75, 3.05) is 6.61 Å². The summed E-state index contributed by atoms with van der Waals surface area (Å²) in [5.74, 6) is -1.61. The summed E-state index contributed by atoms with van der Waals surface area (Å²) in [7, 11) is 0. The van der Waals surface area contributed by atoms with Gasteiger partial charge in [0.05, 0.1) is 19.3 Å². The summed E-state index contributed by atoms with van der Waals surface area (Å²) >= 11 is 0. The molecule has 2 rings (SSSR count). The zero-order valence-electron chi connectivity index (χ0n) is 10.2. The van der Waals surface area contributed by atoms with Crippen molar-refractivity contribution in [2.24, 2.45) is 0 Å². The number of carbonyl (C=O) groups is 1. The summed E-state index contributed by atoms with van der Waals surface area (Å²) in [5.41, 5.74) is 1.10. The molecular formula is C14H18O4. The van der Waals surface area contributed by atoms with Gasteiger partial charge in [-0.3, -0.25) is 4.79 Å². The molecule has 0 saturated carbocycles. The predicted octanol–water partition coefficient (Wildman–Crippen LogP) is 1.66. The van der Waals surface area contributed by atoms with Crippen LogP contribution < -0.4 is 0 Å². The van der Waals surface area contributed by atoms with Crippen LogP contribution in [0.1, 0.15) is 24.8 Å². The van der Waals surface area contributed by atoms with Gasteiger partial charge >= 0.3 is 0 Å². The Morgan fingerprint density at radius 2 is 2.22 bits per heavy atom. The molecule has 0 aromatic heterocycles. The van der Waals surface area contributed by atoms with Gasteiger partial charge in [0.2, 0.25) is 5.79 Å². The molecule has 1 heterocycles. The summed E-state index contributed by atoms with van der Waals surface area (Å²) in [6.07, 6.45) is 2.21. The molecule has 98 valence electrons. The third kappa shape index (κ3) is 3.63. The van der Waals surface area contributed by atoms with Crippen molar-refractivity contribution in [1.29, 1.82) is 0 Å². The van der Waals surface area contributed by atoms with E-state index in [1.54, 1.807) is 0 Å². The molecule has 1 fully saturated rings. The zero-order valence-corrected chi connectivity index (χ0v) is 10.2. The molecule has 18 heavy (non-hydrogen) atoms. The van der Waals surface area contributed by atoms with Crippen LogP contribution in [0, 0.1) is 0 Å². The first kappa shape index (κ1) is 13.2. The maximum absolute atomic E-state index is 10.7. The number of aliphatic hydroxyl groups is 1. The van der Waals surface area contributed by atoms with Crippen LogP contribution in [-0.2, 0) is 20.9 Å². The van der Waals surface area contributed by atoms with Gasteiger partial charge in [-0.1, -0.05) is 30.3 Å². The van der Waals surface area contributed by atoms with Gasteiger partial charge in [0.1, 0.15) is 0 Å². The summed E-state index contributed by atoms with van der Waals surface area (Å²) in [4.78, 5) is 10.7. The predicted molar refractivity (Wildman–Crippen MR) is 65.8 cm³/mol. The molecule has 4 heteroatoms. The number of ether oxygens (including phenoxy) is 2. The molecule has 0 bridgehead atoms. The minimum absolute atomic E-state index is 0.210. The van der Waals surface area contributed by atoms with Crippen LogP contribution in [0.15, 0.2) is 30.3 Å². The lowest BCUT2D eigenvalue weighted by Gasteiger charge is -2.33. The van der Waals surface area contributed by atoms with E-state index in [0.29, 0.717) is 25.9 Å². The monoisotopic (exact) mass is 250 g/mol. The molecule has 0 amide bonds. The van der Waals surface area contributed by atoms with Gasteiger partial charge in [0, 0.05) is 6.42 Å². The SMILES string of the molecule is O=CC1(O)CCCC(COCc2ccccc2)O1. The van der Waals surface area contributed by atoms with Crippen molar-refractivity contribution in [1.82, 2.24) is 0 Å². The number of carbonyl (C=O) groups excluding carboxylic acids is 1. The quantitative estimate of drug-likeness (QED) is 0.807. The second-order valence-corrected chi connectivity index (χ2v) is 4.60. The van der Waals surface area contributed by atoms with Crippen LogP contribution in [0.2, 0.25) is 0 Å². The maximum atomic E-state index is 10.7. The first-order valence-electron chi connectivity index (χ1n) is 6.20. The number of rotatable bonds is 5. The van der Waals surface area contributed by atoms with E-state index in [1.807, 2.05) is 30.3 Å². The largest absolute Gasteiger partial charge is 0.374 e. The Bertz CT molecular complexity index is 379. The first-order valence-corrected chi connectivity index (χ1v) is 6.20. The van der Waals surface area contributed by atoms with E-state index in [-0.39, 0.29) is 6.10 Å². The Kier molecular flexibility index (Phi) is 4.47. The van der Waals surface area contributed by atoms with Gasteiger partial charge in [-0.05, 0) is 18.4 Å². The molecule has 0 spiro atoms. The van der Waals surface area contributed by atoms with Crippen LogP contribution in [-0.4, -0.2) is 29.9 Å². The summed E-state index contributed by atoms with van der Waals surface area (Å²) < 4.78 is 10.9. The first-order chi connectivity index (χ1) is 8.72. The Balaban J connectivity index is 1.75. The Morgan fingerprint density at radius 1 is 1.44 bits per heavy atom. The summed E-state index contributed by atoms with van der Waals surface area (Å²) in [6, 6.07) is 9.85. The second-order valence-electron chi connectivity index (χ2n) is 4.60.